The summed E-state index contributed by atoms with van der Waals surface area (Å²) in [5.74, 6) is -1.85. The zero-order valence-corrected chi connectivity index (χ0v) is 24.7. The molecule has 2 heterocycles. The molecule has 0 spiro atoms. The molecule has 0 atom stereocenters. The highest BCUT2D eigenvalue weighted by atomic mass is 79.9. The maximum absolute atomic E-state index is 14.4. The van der Waals surface area contributed by atoms with Gasteiger partial charge in [0.05, 0.1) is 11.4 Å². The van der Waals surface area contributed by atoms with Crippen molar-refractivity contribution in [2.45, 2.75) is 39.2 Å². The number of nitrogens with zero attached hydrogens (tertiary/aromatic N) is 3. The molecule has 1 aromatic heterocycles. The fraction of sp³-hybridized carbons (Fsp3) is 0.345. The van der Waals surface area contributed by atoms with Gasteiger partial charge in [-0.25, -0.2) is 9.18 Å². The number of hydrogen-bond donors (Lipinski definition) is 1. The third-order valence-electron chi connectivity index (χ3n) is 6.20. The maximum Gasteiger partial charge on any atom is 0.420 e. The largest absolute Gasteiger partial charge is 0.486 e. The summed E-state index contributed by atoms with van der Waals surface area (Å²) in [4.78, 5) is 32.4. The molecule has 1 aliphatic rings. The molecule has 8 nitrogen and oxygen atoms in total. The second-order valence-corrected chi connectivity index (χ2v) is 11.5. The SMILES string of the molecule is CC(C)(C)OC(=O)N1CCN(c2cccc(NC(=O)c3ccc(F)c(OCc4cncc(Br)c4)c3)c2C(F)(F)F)CC1. The Bertz CT molecular complexity index is 1450. The van der Waals surface area contributed by atoms with E-state index in [2.05, 4.69) is 26.2 Å². The van der Waals surface area contributed by atoms with Gasteiger partial charge in [0.15, 0.2) is 11.6 Å². The third-order valence-corrected chi connectivity index (χ3v) is 6.63. The number of amides is 2. The van der Waals surface area contributed by atoms with Crippen LogP contribution in [0.3, 0.4) is 0 Å². The predicted molar refractivity (Wildman–Crippen MR) is 152 cm³/mol. The van der Waals surface area contributed by atoms with Gasteiger partial charge in [0.25, 0.3) is 5.91 Å². The van der Waals surface area contributed by atoms with Crippen molar-refractivity contribution in [2.24, 2.45) is 0 Å². The maximum atomic E-state index is 14.4. The highest BCUT2D eigenvalue weighted by Gasteiger charge is 2.39. The molecule has 3 aromatic rings. The number of carbonyl (C=O) groups excluding carboxylic acids is 2. The van der Waals surface area contributed by atoms with Gasteiger partial charge in [-0.05, 0) is 73.1 Å². The summed E-state index contributed by atoms with van der Waals surface area (Å²) in [5, 5.41) is 2.33. The Hall–Kier alpha value is -3.87. The first-order valence-corrected chi connectivity index (χ1v) is 13.8. The lowest BCUT2D eigenvalue weighted by Crippen LogP contribution is -2.50. The molecular weight excluding hydrogens is 624 g/mol. The van der Waals surface area contributed by atoms with Gasteiger partial charge in [0.1, 0.15) is 17.8 Å². The number of aromatic nitrogens is 1. The van der Waals surface area contributed by atoms with E-state index in [0.717, 1.165) is 24.3 Å². The average Bonchev–Trinajstić information content (AvgIpc) is 2.91. The van der Waals surface area contributed by atoms with E-state index < -0.39 is 40.8 Å². The quantitative estimate of drug-likeness (QED) is 0.292. The Balaban J connectivity index is 1.51. The summed E-state index contributed by atoms with van der Waals surface area (Å²) in [6.07, 6.45) is -2.24. The summed E-state index contributed by atoms with van der Waals surface area (Å²) < 4.78 is 69.1. The number of hydrogen-bond acceptors (Lipinski definition) is 6. The van der Waals surface area contributed by atoms with Crippen molar-refractivity contribution in [2.75, 3.05) is 36.4 Å². The van der Waals surface area contributed by atoms with Crippen LogP contribution in [0.4, 0.5) is 33.7 Å². The van der Waals surface area contributed by atoms with Crippen LogP contribution in [0.1, 0.15) is 42.3 Å². The highest BCUT2D eigenvalue weighted by Crippen LogP contribution is 2.42. The monoisotopic (exact) mass is 652 g/mol. The number of piperazine rings is 1. The second kappa shape index (κ2) is 12.6. The van der Waals surface area contributed by atoms with Crippen molar-refractivity contribution in [3.63, 3.8) is 0 Å². The molecule has 224 valence electrons. The Labute approximate surface area is 248 Å². The Morgan fingerprint density at radius 1 is 1.02 bits per heavy atom. The van der Waals surface area contributed by atoms with Gasteiger partial charge >= 0.3 is 12.3 Å². The van der Waals surface area contributed by atoms with E-state index in [0.29, 0.717) is 10.0 Å². The number of rotatable bonds is 6. The molecule has 2 aromatic carbocycles. The lowest BCUT2D eigenvalue weighted by atomic mass is 10.1. The van der Waals surface area contributed by atoms with E-state index in [1.54, 1.807) is 33.0 Å². The van der Waals surface area contributed by atoms with Gasteiger partial charge in [-0.2, -0.15) is 13.2 Å². The third kappa shape index (κ3) is 7.90. The summed E-state index contributed by atoms with van der Waals surface area (Å²) >= 11 is 3.28. The first-order chi connectivity index (χ1) is 19.7. The number of anilines is 2. The van der Waals surface area contributed by atoms with Crippen LogP contribution in [0, 0.1) is 5.82 Å². The minimum Gasteiger partial charge on any atom is -0.486 e. The van der Waals surface area contributed by atoms with E-state index in [1.807, 2.05) is 0 Å². The van der Waals surface area contributed by atoms with Gasteiger partial charge in [0.2, 0.25) is 0 Å². The number of carbonyl (C=O) groups is 2. The number of nitrogens with one attached hydrogen (secondary N) is 1. The van der Waals surface area contributed by atoms with Crippen LogP contribution in [0.2, 0.25) is 0 Å². The topological polar surface area (TPSA) is 84.0 Å². The first-order valence-electron chi connectivity index (χ1n) is 13.0. The number of benzene rings is 2. The predicted octanol–water partition coefficient (Wildman–Crippen LogP) is 6.89. The molecule has 1 aliphatic heterocycles. The number of halogens is 5. The standard InChI is InChI=1S/C29H29BrF4N4O4/c1-28(2,3)42-27(40)38-11-9-37(10-12-38)23-6-4-5-22(25(23)29(32,33)34)36-26(39)19-7-8-21(31)24(14-19)41-17-18-13-20(30)16-35-15-18/h4-8,13-16H,9-12,17H2,1-3H3,(H,36,39). The lowest BCUT2D eigenvalue weighted by molar-refractivity contribution is -0.136. The summed E-state index contributed by atoms with van der Waals surface area (Å²) in [7, 11) is 0. The molecule has 0 unspecified atom stereocenters. The number of pyridine rings is 1. The van der Waals surface area contributed by atoms with Gasteiger partial charge in [-0.15, -0.1) is 0 Å². The van der Waals surface area contributed by atoms with Crippen LogP contribution in [0.25, 0.3) is 0 Å². The first kappa shape index (κ1) is 31.1. The van der Waals surface area contributed by atoms with Gasteiger partial charge in [-0.3, -0.25) is 9.78 Å². The van der Waals surface area contributed by atoms with Crippen molar-refractivity contribution in [3.8, 4) is 5.75 Å². The van der Waals surface area contributed by atoms with Crippen LogP contribution >= 0.6 is 15.9 Å². The van der Waals surface area contributed by atoms with Crippen LogP contribution < -0.4 is 15.0 Å². The lowest BCUT2D eigenvalue weighted by Gasteiger charge is -2.38. The summed E-state index contributed by atoms with van der Waals surface area (Å²) in [5.41, 5.74) is -1.76. The van der Waals surface area contributed by atoms with Gasteiger partial charge in [0, 0.05) is 54.2 Å². The zero-order valence-electron chi connectivity index (χ0n) is 23.1. The van der Waals surface area contributed by atoms with Crippen molar-refractivity contribution < 1.29 is 36.6 Å². The Morgan fingerprint density at radius 3 is 2.38 bits per heavy atom. The molecule has 13 heteroatoms. The molecular formula is C29H29BrF4N4O4. The molecule has 42 heavy (non-hydrogen) atoms. The van der Waals surface area contributed by atoms with Crippen molar-refractivity contribution in [1.82, 2.24) is 9.88 Å². The molecule has 1 N–H and O–H groups in total. The normalized spacial score (nSPS) is 14.0. The molecule has 1 fully saturated rings. The van der Waals surface area contributed by atoms with Crippen molar-refractivity contribution in [3.05, 3.63) is 81.8 Å². The van der Waals surface area contributed by atoms with E-state index in [-0.39, 0.29) is 49.8 Å². The summed E-state index contributed by atoms with van der Waals surface area (Å²) in [6.45, 7) is 5.75. The molecule has 0 aliphatic carbocycles. The molecule has 2 amide bonds. The molecule has 0 bridgehead atoms. The van der Waals surface area contributed by atoms with E-state index >= 15 is 0 Å². The second-order valence-electron chi connectivity index (χ2n) is 10.6. The molecule has 1 saturated heterocycles. The molecule has 0 saturated carbocycles. The minimum atomic E-state index is -4.81. The fourth-order valence-corrected chi connectivity index (χ4v) is 4.72. The van der Waals surface area contributed by atoms with Crippen LogP contribution in [0.5, 0.6) is 5.75 Å². The average molecular weight is 653 g/mol. The summed E-state index contributed by atoms with van der Waals surface area (Å²) in [6, 6.07) is 8.91. The zero-order chi connectivity index (χ0) is 30.7. The van der Waals surface area contributed by atoms with Gasteiger partial charge in [-0.1, -0.05) is 6.07 Å². The van der Waals surface area contributed by atoms with E-state index in [9.17, 15) is 27.2 Å². The highest BCUT2D eigenvalue weighted by molar-refractivity contribution is 9.10. The number of ether oxygens (including phenoxy) is 2. The fourth-order valence-electron chi connectivity index (χ4n) is 4.31. The van der Waals surface area contributed by atoms with Crippen molar-refractivity contribution in [1.29, 1.82) is 0 Å². The van der Waals surface area contributed by atoms with Crippen LogP contribution in [-0.4, -0.2) is 53.7 Å². The number of alkyl halides is 3. The van der Waals surface area contributed by atoms with Crippen LogP contribution in [-0.2, 0) is 17.5 Å². The van der Waals surface area contributed by atoms with Crippen molar-refractivity contribution >= 4 is 39.3 Å². The van der Waals surface area contributed by atoms with Crippen LogP contribution in [0.15, 0.2) is 59.3 Å². The Kier molecular flexibility index (Phi) is 9.29. The van der Waals surface area contributed by atoms with E-state index in [1.165, 1.54) is 28.1 Å². The smallest absolute Gasteiger partial charge is 0.420 e. The minimum absolute atomic E-state index is 0.0457. The molecule has 4 rings (SSSR count). The Morgan fingerprint density at radius 2 is 1.74 bits per heavy atom. The van der Waals surface area contributed by atoms with Gasteiger partial charge < -0.3 is 24.6 Å². The molecule has 0 radical (unpaired) electrons. The van der Waals surface area contributed by atoms with E-state index in [4.69, 9.17) is 9.47 Å².